The Kier molecular flexibility index (Phi) is 13.3. The predicted molar refractivity (Wildman–Crippen MR) is 197 cm³/mol. The molecule has 5 N–H and O–H groups in total. The Hall–Kier alpha value is -4.09. The summed E-state index contributed by atoms with van der Waals surface area (Å²) in [6, 6.07) is 10.9. The van der Waals surface area contributed by atoms with Crippen molar-refractivity contribution in [3.63, 3.8) is 0 Å². The highest BCUT2D eigenvalue weighted by Crippen LogP contribution is 2.51. The highest BCUT2D eigenvalue weighted by atomic mass is 16.6. The molecule has 0 aliphatic heterocycles. The molecule has 0 radical (unpaired) electrons. The van der Waals surface area contributed by atoms with Crippen molar-refractivity contribution in [3.8, 4) is 22.6 Å². The van der Waals surface area contributed by atoms with Gasteiger partial charge in [0.15, 0.2) is 11.5 Å². The average Bonchev–Trinajstić information content (AvgIpc) is 3.61. The molecule has 1 aromatic carbocycles. The number of nitrogens with zero attached hydrogens (tertiary/aromatic N) is 2. The minimum atomic E-state index is -0.712. The van der Waals surface area contributed by atoms with E-state index < -0.39 is 36.2 Å². The van der Waals surface area contributed by atoms with Gasteiger partial charge >= 0.3 is 11.9 Å². The molecule has 9 unspecified atom stereocenters. The predicted octanol–water partition coefficient (Wildman–Crippen LogP) is 5.73. The summed E-state index contributed by atoms with van der Waals surface area (Å²) < 4.78 is 17.4. The molecule has 0 spiro atoms. The number of esters is 2. The molecule has 2 aliphatic carbocycles. The molecule has 284 valence electrons. The SMILES string of the molecule is COc1cc(CCC(CC(OC(C)=O)C2CC(CO)C(O)C3CC(C2)C(C(C)C)CC3Cc2ccc[n-]2)OC(C)=O)c(-c2ccnc(N)c2)cc1O. The number of hydrogen-bond acceptors (Lipinski definition) is 10. The molecule has 2 bridgehead atoms. The third kappa shape index (κ3) is 9.66. The second-order valence-electron chi connectivity index (χ2n) is 15.4. The van der Waals surface area contributed by atoms with Crippen LogP contribution in [0.3, 0.4) is 0 Å². The molecule has 2 fully saturated rings. The second kappa shape index (κ2) is 17.6. The summed E-state index contributed by atoms with van der Waals surface area (Å²) in [4.78, 5) is 33.8. The molecule has 2 heterocycles. The van der Waals surface area contributed by atoms with Gasteiger partial charge in [0.25, 0.3) is 0 Å². The summed E-state index contributed by atoms with van der Waals surface area (Å²) in [5.74, 6) is 0.582. The van der Waals surface area contributed by atoms with E-state index >= 15 is 0 Å². The van der Waals surface area contributed by atoms with Crippen molar-refractivity contribution in [2.45, 2.75) is 97.4 Å². The number of methoxy groups -OCH3 is 1. The number of hydrogen-bond donors (Lipinski definition) is 4. The summed E-state index contributed by atoms with van der Waals surface area (Å²) >= 11 is 0. The van der Waals surface area contributed by atoms with E-state index in [-0.39, 0.29) is 36.5 Å². The van der Waals surface area contributed by atoms with Crippen LogP contribution in [0.15, 0.2) is 48.8 Å². The van der Waals surface area contributed by atoms with Gasteiger partial charge in [-0.15, -0.1) is 0 Å². The van der Waals surface area contributed by atoms with Gasteiger partial charge in [0.1, 0.15) is 18.0 Å². The number of benzene rings is 1. The lowest BCUT2D eigenvalue weighted by Crippen LogP contribution is -2.48. The van der Waals surface area contributed by atoms with E-state index in [1.54, 1.807) is 24.4 Å². The zero-order valence-electron chi connectivity index (χ0n) is 31.1. The first kappa shape index (κ1) is 39.1. The maximum Gasteiger partial charge on any atom is 0.302 e. The Labute approximate surface area is 307 Å². The summed E-state index contributed by atoms with van der Waals surface area (Å²) in [5.41, 5.74) is 9.38. The van der Waals surface area contributed by atoms with Crippen LogP contribution in [0.2, 0.25) is 0 Å². The Morgan fingerprint density at radius 1 is 1.04 bits per heavy atom. The van der Waals surface area contributed by atoms with Crippen LogP contribution < -0.4 is 15.5 Å². The topological polar surface area (TPSA) is 176 Å². The molecule has 3 aromatic rings. The van der Waals surface area contributed by atoms with Crippen LogP contribution in [0.5, 0.6) is 11.5 Å². The van der Waals surface area contributed by atoms with Crippen molar-refractivity contribution in [3.05, 3.63) is 60.0 Å². The van der Waals surface area contributed by atoms with Gasteiger partial charge in [0.05, 0.1) is 13.2 Å². The molecule has 11 nitrogen and oxygen atoms in total. The number of carbonyl (C=O) groups excluding carboxylic acids is 2. The van der Waals surface area contributed by atoms with Crippen molar-refractivity contribution < 1.29 is 39.1 Å². The number of phenols is 1. The molecule has 52 heavy (non-hydrogen) atoms. The van der Waals surface area contributed by atoms with Gasteiger partial charge in [-0.1, -0.05) is 26.0 Å². The van der Waals surface area contributed by atoms with Crippen molar-refractivity contribution >= 4 is 17.8 Å². The number of pyridine rings is 1. The third-order valence-electron chi connectivity index (χ3n) is 11.6. The van der Waals surface area contributed by atoms with Crippen LogP contribution in [-0.2, 0) is 31.9 Å². The standard InChI is InChI=1S/C41H56N3O8/c1-23(2)34-16-29(15-32-7-6-11-43-32)36-17-28(34)13-30(14-31(22-45)41(36)49)38(52-25(4)47)20-33(51-24(3)46)9-8-26-18-39(50-5)37(48)21-35(26)27-10-12-44-40(42)19-27/h6-7,10-12,18-19,21,23,28-31,33-34,36,38,41,45,48-49H,8-9,13-17,20,22H2,1-5H3,(H2,42,44)/q-1. The van der Waals surface area contributed by atoms with E-state index in [0.717, 1.165) is 48.1 Å². The van der Waals surface area contributed by atoms with Crippen LogP contribution in [0.4, 0.5) is 5.82 Å². The minimum Gasteiger partial charge on any atom is -0.668 e. The van der Waals surface area contributed by atoms with Gasteiger partial charge in [-0.05, 0) is 121 Å². The summed E-state index contributed by atoms with van der Waals surface area (Å²) in [5, 5.41) is 33.2. The van der Waals surface area contributed by atoms with Crippen LogP contribution in [0.25, 0.3) is 11.1 Å². The third-order valence-corrected chi connectivity index (χ3v) is 11.6. The van der Waals surface area contributed by atoms with Crippen molar-refractivity contribution in [2.24, 2.45) is 41.4 Å². The quantitative estimate of drug-likeness (QED) is 0.150. The van der Waals surface area contributed by atoms with E-state index in [1.165, 1.54) is 21.0 Å². The Morgan fingerprint density at radius 3 is 2.44 bits per heavy atom. The molecule has 5 rings (SSSR count). The first-order valence-electron chi connectivity index (χ1n) is 18.7. The number of anilines is 1. The molecule has 0 saturated heterocycles. The number of fused-ring (bicyclic) bond motifs is 2. The largest absolute Gasteiger partial charge is 0.668 e. The van der Waals surface area contributed by atoms with Crippen molar-refractivity contribution in [1.29, 1.82) is 0 Å². The Morgan fingerprint density at radius 2 is 1.81 bits per heavy atom. The number of aromatic nitrogens is 2. The normalized spacial score (nSPS) is 25.8. The van der Waals surface area contributed by atoms with Gasteiger partial charge in [-0.3, -0.25) is 9.59 Å². The van der Waals surface area contributed by atoms with Crippen LogP contribution >= 0.6 is 0 Å². The highest BCUT2D eigenvalue weighted by molar-refractivity contribution is 5.72. The molecule has 0 amide bonds. The number of aliphatic hydroxyl groups excluding tert-OH is 2. The zero-order chi connectivity index (χ0) is 37.5. The van der Waals surface area contributed by atoms with E-state index in [0.29, 0.717) is 48.6 Å². The molecule has 2 saturated carbocycles. The van der Waals surface area contributed by atoms with Crippen LogP contribution in [0.1, 0.15) is 77.5 Å². The van der Waals surface area contributed by atoms with Crippen molar-refractivity contribution in [1.82, 2.24) is 9.97 Å². The fourth-order valence-corrected chi connectivity index (χ4v) is 9.20. The number of aryl methyl sites for hydroxylation is 1. The van der Waals surface area contributed by atoms with Gasteiger partial charge in [0.2, 0.25) is 0 Å². The zero-order valence-corrected chi connectivity index (χ0v) is 31.1. The number of aromatic hydroxyl groups is 1. The number of aliphatic hydroxyl groups is 2. The Balaban J connectivity index is 1.42. The second-order valence-corrected chi connectivity index (χ2v) is 15.4. The number of phenolic OH excluding ortho intramolecular Hbond substituents is 1. The molecular weight excluding hydrogens is 662 g/mol. The fraction of sp³-hybridized carbons (Fsp3) is 0.585. The van der Waals surface area contributed by atoms with E-state index in [9.17, 15) is 24.9 Å². The lowest BCUT2D eigenvalue weighted by Gasteiger charge is -2.50. The molecular formula is C41H56N3O8-. The van der Waals surface area contributed by atoms with Gasteiger partial charge in [-0.25, -0.2) is 4.98 Å². The smallest absolute Gasteiger partial charge is 0.302 e. The average molecular weight is 719 g/mol. The fourth-order valence-electron chi connectivity index (χ4n) is 9.20. The lowest BCUT2D eigenvalue weighted by atomic mass is 9.57. The summed E-state index contributed by atoms with van der Waals surface area (Å²) in [7, 11) is 1.48. The highest BCUT2D eigenvalue weighted by Gasteiger charge is 2.47. The first-order chi connectivity index (χ1) is 24.9. The van der Waals surface area contributed by atoms with Gasteiger partial charge in [-0.2, -0.15) is 11.9 Å². The lowest BCUT2D eigenvalue weighted by molar-refractivity contribution is -0.158. The Bertz CT molecular complexity index is 1630. The maximum atomic E-state index is 12.7. The van der Waals surface area contributed by atoms with Crippen LogP contribution in [-0.4, -0.2) is 64.3 Å². The molecule has 11 heteroatoms. The van der Waals surface area contributed by atoms with E-state index in [4.69, 9.17) is 19.9 Å². The van der Waals surface area contributed by atoms with Crippen molar-refractivity contribution in [2.75, 3.05) is 19.5 Å². The summed E-state index contributed by atoms with van der Waals surface area (Å²) in [6.45, 7) is 7.10. The van der Waals surface area contributed by atoms with E-state index in [1.807, 2.05) is 24.4 Å². The summed E-state index contributed by atoms with van der Waals surface area (Å²) in [6.07, 6.45) is 6.43. The molecule has 2 aromatic heterocycles. The van der Waals surface area contributed by atoms with E-state index in [2.05, 4.69) is 23.8 Å². The number of carbonyl (C=O) groups is 2. The van der Waals surface area contributed by atoms with Crippen LogP contribution in [0, 0.1) is 41.4 Å². The number of nitrogen functional groups attached to an aromatic ring is 1. The van der Waals surface area contributed by atoms with Gasteiger partial charge in [0, 0.05) is 39.0 Å². The first-order valence-corrected chi connectivity index (χ1v) is 18.7. The minimum absolute atomic E-state index is 0.0217. The molecule has 2 aliphatic rings. The molecule has 9 atom stereocenters. The number of nitrogens with two attached hydrogens (primary N) is 1. The maximum absolute atomic E-state index is 12.7. The monoisotopic (exact) mass is 718 g/mol. The number of ether oxygens (including phenoxy) is 3. The van der Waals surface area contributed by atoms with Gasteiger partial charge < -0.3 is 40.2 Å². The number of rotatable bonds is 14.